The number of rotatable bonds is 3. The lowest BCUT2D eigenvalue weighted by Crippen LogP contribution is -2.41. The third kappa shape index (κ3) is 3.44. The van der Waals surface area contributed by atoms with Crippen molar-refractivity contribution in [2.45, 2.75) is 29.6 Å². The second-order valence-electron chi connectivity index (χ2n) is 4.64. The zero-order chi connectivity index (χ0) is 14.8. The standard InChI is InChI=1S/C13H17F3N2S2/c1-8-12(20-7-6-19-8)11(18-17)9-4-2-3-5-10(9)13(14,15)16/h2-5,8,11-12,18H,6-7,17H2,1H3. The number of nitrogens with two attached hydrogens (primary N) is 1. The van der Waals surface area contributed by atoms with Crippen molar-refractivity contribution in [2.24, 2.45) is 5.84 Å². The molecule has 3 unspecified atom stereocenters. The summed E-state index contributed by atoms with van der Waals surface area (Å²) in [7, 11) is 0. The average Bonchev–Trinajstić information content (AvgIpc) is 2.41. The number of alkyl halides is 3. The molecule has 2 nitrogen and oxygen atoms in total. The molecule has 0 aliphatic carbocycles. The maximum atomic E-state index is 13.1. The first kappa shape index (κ1) is 16.0. The molecular formula is C13H17F3N2S2. The van der Waals surface area contributed by atoms with E-state index < -0.39 is 17.8 Å². The molecule has 0 saturated carbocycles. The molecule has 20 heavy (non-hydrogen) atoms. The molecule has 0 radical (unpaired) electrons. The minimum absolute atomic E-state index is 0.0299. The van der Waals surface area contributed by atoms with Crippen molar-refractivity contribution in [1.29, 1.82) is 0 Å². The van der Waals surface area contributed by atoms with Gasteiger partial charge in [0.2, 0.25) is 0 Å². The highest BCUT2D eigenvalue weighted by atomic mass is 32.2. The van der Waals surface area contributed by atoms with E-state index >= 15 is 0 Å². The monoisotopic (exact) mass is 322 g/mol. The van der Waals surface area contributed by atoms with Crippen LogP contribution in [0.2, 0.25) is 0 Å². The van der Waals surface area contributed by atoms with E-state index in [-0.39, 0.29) is 16.1 Å². The second-order valence-corrected chi connectivity index (χ2v) is 7.41. The summed E-state index contributed by atoms with van der Waals surface area (Å²) in [6.45, 7) is 2.04. The summed E-state index contributed by atoms with van der Waals surface area (Å²) in [5.41, 5.74) is 2.22. The van der Waals surface area contributed by atoms with Crippen LogP contribution in [-0.4, -0.2) is 22.0 Å². The SMILES string of the molecule is CC1SCCSC1C(NN)c1ccccc1C(F)(F)F. The average molecular weight is 322 g/mol. The Balaban J connectivity index is 2.37. The lowest BCUT2D eigenvalue weighted by atomic mass is 9.96. The van der Waals surface area contributed by atoms with E-state index in [1.54, 1.807) is 29.6 Å². The van der Waals surface area contributed by atoms with Crippen LogP contribution in [0.15, 0.2) is 24.3 Å². The van der Waals surface area contributed by atoms with Crippen molar-refractivity contribution < 1.29 is 13.2 Å². The Morgan fingerprint density at radius 2 is 1.90 bits per heavy atom. The quantitative estimate of drug-likeness (QED) is 0.660. The maximum Gasteiger partial charge on any atom is 0.416 e. The molecule has 1 heterocycles. The minimum atomic E-state index is -4.36. The Morgan fingerprint density at radius 3 is 2.50 bits per heavy atom. The topological polar surface area (TPSA) is 38.0 Å². The van der Waals surface area contributed by atoms with Crippen molar-refractivity contribution in [2.75, 3.05) is 11.5 Å². The van der Waals surface area contributed by atoms with Crippen molar-refractivity contribution >= 4 is 23.5 Å². The largest absolute Gasteiger partial charge is 0.416 e. The van der Waals surface area contributed by atoms with Crippen LogP contribution < -0.4 is 11.3 Å². The number of thioether (sulfide) groups is 2. The lowest BCUT2D eigenvalue weighted by molar-refractivity contribution is -0.138. The molecule has 7 heteroatoms. The fourth-order valence-electron chi connectivity index (χ4n) is 2.40. The Bertz CT molecular complexity index is 453. The number of benzene rings is 1. The molecule has 1 saturated heterocycles. The van der Waals surface area contributed by atoms with E-state index in [4.69, 9.17) is 5.84 Å². The van der Waals surface area contributed by atoms with E-state index in [0.717, 1.165) is 17.6 Å². The summed E-state index contributed by atoms with van der Waals surface area (Å²) >= 11 is 3.47. The first-order chi connectivity index (χ1) is 9.45. The van der Waals surface area contributed by atoms with Crippen LogP contribution >= 0.6 is 23.5 Å². The normalized spacial score (nSPS) is 25.4. The van der Waals surface area contributed by atoms with E-state index in [2.05, 4.69) is 5.43 Å². The summed E-state index contributed by atoms with van der Waals surface area (Å²) in [5.74, 6) is 7.53. The van der Waals surface area contributed by atoms with Crippen LogP contribution in [0.5, 0.6) is 0 Å². The van der Waals surface area contributed by atoms with Crippen molar-refractivity contribution in [1.82, 2.24) is 5.43 Å². The molecule has 1 aromatic rings. The van der Waals surface area contributed by atoms with Gasteiger partial charge in [-0.05, 0) is 11.6 Å². The molecule has 0 aromatic heterocycles. The van der Waals surface area contributed by atoms with Crippen molar-refractivity contribution in [3.05, 3.63) is 35.4 Å². The van der Waals surface area contributed by atoms with Crippen LogP contribution in [0.3, 0.4) is 0 Å². The lowest BCUT2D eigenvalue weighted by Gasteiger charge is -2.35. The number of hydrazine groups is 1. The molecule has 0 bridgehead atoms. The van der Waals surface area contributed by atoms with Gasteiger partial charge in [-0.2, -0.15) is 36.7 Å². The highest BCUT2D eigenvalue weighted by Gasteiger charge is 2.38. The zero-order valence-electron chi connectivity index (χ0n) is 11.0. The zero-order valence-corrected chi connectivity index (χ0v) is 12.6. The molecule has 2 rings (SSSR count). The molecular weight excluding hydrogens is 305 g/mol. The van der Waals surface area contributed by atoms with Gasteiger partial charge < -0.3 is 0 Å². The molecule has 112 valence electrons. The third-order valence-electron chi connectivity index (χ3n) is 3.35. The minimum Gasteiger partial charge on any atom is -0.271 e. The molecule has 3 N–H and O–H groups in total. The van der Waals surface area contributed by atoms with E-state index in [0.29, 0.717) is 0 Å². The summed E-state index contributed by atoms with van der Waals surface area (Å²) in [6, 6.07) is 5.16. The second kappa shape index (κ2) is 6.60. The van der Waals surface area contributed by atoms with Crippen LogP contribution in [0.1, 0.15) is 24.1 Å². The van der Waals surface area contributed by atoms with Gasteiger partial charge in [0.15, 0.2) is 0 Å². The van der Waals surface area contributed by atoms with Crippen LogP contribution in [-0.2, 0) is 6.18 Å². The molecule has 1 aromatic carbocycles. The first-order valence-corrected chi connectivity index (χ1v) is 8.40. The fourth-order valence-corrected chi connectivity index (χ4v) is 5.32. The van der Waals surface area contributed by atoms with E-state index in [1.807, 2.05) is 6.92 Å². The van der Waals surface area contributed by atoms with Gasteiger partial charge in [0.1, 0.15) is 0 Å². The van der Waals surface area contributed by atoms with Gasteiger partial charge in [-0.25, -0.2) is 0 Å². The molecule has 0 spiro atoms. The number of nitrogens with one attached hydrogen (secondary N) is 1. The molecule has 1 aliphatic heterocycles. The molecule has 1 fully saturated rings. The van der Waals surface area contributed by atoms with Gasteiger partial charge in [-0.1, -0.05) is 25.1 Å². The smallest absolute Gasteiger partial charge is 0.271 e. The highest BCUT2D eigenvalue weighted by Crippen LogP contribution is 2.42. The highest BCUT2D eigenvalue weighted by molar-refractivity contribution is 8.07. The summed E-state index contributed by atoms with van der Waals surface area (Å²) in [5, 5.41) is 0.290. The Hall–Kier alpha value is -0.370. The van der Waals surface area contributed by atoms with Gasteiger partial charge in [0.05, 0.1) is 11.6 Å². The van der Waals surface area contributed by atoms with Crippen molar-refractivity contribution in [3.8, 4) is 0 Å². The van der Waals surface area contributed by atoms with Crippen LogP contribution in [0.4, 0.5) is 13.2 Å². The first-order valence-electron chi connectivity index (χ1n) is 6.30. The molecule has 1 aliphatic rings. The third-order valence-corrected chi connectivity index (χ3v) is 6.54. The predicted molar refractivity (Wildman–Crippen MR) is 79.7 cm³/mol. The van der Waals surface area contributed by atoms with Crippen molar-refractivity contribution in [3.63, 3.8) is 0 Å². The summed E-state index contributed by atoms with van der Waals surface area (Å²) in [6.07, 6.45) is -4.36. The molecule has 0 amide bonds. The van der Waals surface area contributed by atoms with Gasteiger partial charge in [-0.3, -0.25) is 11.3 Å². The maximum absolute atomic E-state index is 13.1. The van der Waals surface area contributed by atoms with Crippen LogP contribution in [0.25, 0.3) is 0 Å². The van der Waals surface area contributed by atoms with E-state index in [1.165, 1.54) is 12.1 Å². The van der Waals surface area contributed by atoms with Crippen LogP contribution in [0, 0.1) is 0 Å². The Labute approximate surface area is 125 Å². The molecule has 3 atom stereocenters. The van der Waals surface area contributed by atoms with E-state index in [9.17, 15) is 13.2 Å². The fraction of sp³-hybridized carbons (Fsp3) is 0.538. The predicted octanol–water partition coefficient (Wildman–Crippen LogP) is 3.45. The van der Waals surface area contributed by atoms with Gasteiger partial charge >= 0.3 is 6.18 Å². The number of hydrogen-bond acceptors (Lipinski definition) is 4. The number of halogens is 3. The van der Waals surface area contributed by atoms with Gasteiger partial charge in [0, 0.05) is 22.0 Å². The van der Waals surface area contributed by atoms with Gasteiger partial charge in [-0.15, -0.1) is 0 Å². The summed E-state index contributed by atoms with van der Waals surface area (Å²) < 4.78 is 39.4. The Kier molecular flexibility index (Phi) is 5.28. The number of hydrogen-bond donors (Lipinski definition) is 2. The summed E-state index contributed by atoms with van der Waals surface area (Å²) in [4.78, 5) is 0. The van der Waals surface area contributed by atoms with Gasteiger partial charge in [0.25, 0.3) is 0 Å². The Morgan fingerprint density at radius 1 is 1.25 bits per heavy atom.